The molecule has 0 aliphatic heterocycles. The van der Waals surface area contributed by atoms with Gasteiger partial charge in [0.15, 0.2) is 0 Å². The summed E-state index contributed by atoms with van der Waals surface area (Å²) in [6.07, 6.45) is 1.09. The van der Waals surface area contributed by atoms with Gasteiger partial charge in [0.25, 0.3) is 0 Å². The van der Waals surface area contributed by atoms with Crippen LogP contribution in [0.25, 0.3) is 0 Å². The molecule has 15 heavy (non-hydrogen) atoms. The van der Waals surface area contributed by atoms with Crippen molar-refractivity contribution >= 4 is 17.6 Å². The maximum atomic E-state index is 11.0. The number of aromatic carboxylic acids is 1. The Bertz CT molecular complexity index is 424. The predicted molar refractivity (Wildman–Crippen MR) is 57.0 cm³/mol. The second-order valence-electron chi connectivity index (χ2n) is 3.00. The van der Waals surface area contributed by atoms with E-state index < -0.39 is 11.9 Å². The summed E-state index contributed by atoms with van der Waals surface area (Å²) >= 11 is 0. The first-order valence-corrected chi connectivity index (χ1v) is 4.32. The van der Waals surface area contributed by atoms with E-state index >= 15 is 0 Å². The first-order chi connectivity index (χ1) is 7.06. The summed E-state index contributed by atoms with van der Waals surface area (Å²) in [6.45, 7) is 4.97. The van der Waals surface area contributed by atoms with Crippen LogP contribution in [0.2, 0.25) is 0 Å². The Balaban J connectivity index is 3.17. The third-order valence-corrected chi connectivity index (χ3v) is 1.93. The Hall–Kier alpha value is -2.10. The molecule has 0 aromatic heterocycles. The van der Waals surface area contributed by atoms with Gasteiger partial charge >= 0.3 is 5.97 Å². The van der Waals surface area contributed by atoms with Crippen molar-refractivity contribution < 1.29 is 14.7 Å². The van der Waals surface area contributed by atoms with Gasteiger partial charge in [-0.15, -0.1) is 0 Å². The van der Waals surface area contributed by atoms with Crippen molar-refractivity contribution in [1.82, 2.24) is 0 Å². The molecule has 0 aliphatic carbocycles. The van der Waals surface area contributed by atoms with Crippen molar-refractivity contribution in [3.05, 3.63) is 42.0 Å². The summed E-state index contributed by atoms with van der Waals surface area (Å²) in [5, 5.41) is 11.4. The maximum Gasteiger partial charge on any atom is 0.338 e. The van der Waals surface area contributed by atoms with Crippen LogP contribution in [0.15, 0.2) is 30.9 Å². The molecule has 0 heterocycles. The number of carbonyl (C=O) groups excluding carboxylic acids is 1. The van der Waals surface area contributed by atoms with Crippen molar-refractivity contribution in [3.63, 3.8) is 0 Å². The van der Waals surface area contributed by atoms with E-state index in [1.807, 2.05) is 0 Å². The number of benzene rings is 1. The van der Waals surface area contributed by atoms with Gasteiger partial charge in [-0.2, -0.15) is 0 Å². The first kappa shape index (κ1) is 11.0. The minimum absolute atomic E-state index is 0.104. The van der Waals surface area contributed by atoms with Crippen LogP contribution >= 0.6 is 0 Å². The van der Waals surface area contributed by atoms with Crippen LogP contribution in [-0.2, 0) is 4.79 Å². The molecule has 0 saturated carbocycles. The lowest BCUT2D eigenvalue weighted by molar-refractivity contribution is -0.111. The van der Waals surface area contributed by atoms with Crippen molar-refractivity contribution in [2.24, 2.45) is 0 Å². The van der Waals surface area contributed by atoms with Crippen LogP contribution in [0.5, 0.6) is 0 Å². The van der Waals surface area contributed by atoms with Crippen LogP contribution < -0.4 is 5.32 Å². The fourth-order valence-electron chi connectivity index (χ4n) is 1.24. The average Bonchev–Trinajstić information content (AvgIpc) is 2.17. The highest BCUT2D eigenvalue weighted by molar-refractivity contribution is 6.04. The Morgan fingerprint density at radius 3 is 2.67 bits per heavy atom. The summed E-state index contributed by atoms with van der Waals surface area (Å²) in [5.74, 6) is -1.49. The monoisotopic (exact) mass is 205 g/mol. The molecular formula is C11H11NO3. The second-order valence-corrected chi connectivity index (χ2v) is 3.00. The summed E-state index contributed by atoms with van der Waals surface area (Å²) < 4.78 is 0. The summed E-state index contributed by atoms with van der Waals surface area (Å²) in [6, 6.07) is 4.89. The normalized spacial score (nSPS) is 9.40. The summed E-state index contributed by atoms with van der Waals surface area (Å²) in [5.41, 5.74) is 0.990. The number of nitrogens with one attached hydrogen (secondary N) is 1. The molecule has 0 saturated heterocycles. The minimum Gasteiger partial charge on any atom is -0.478 e. The van der Waals surface area contributed by atoms with Crippen LogP contribution in [0.4, 0.5) is 5.69 Å². The molecule has 0 radical (unpaired) electrons. The third-order valence-electron chi connectivity index (χ3n) is 1.93. The molecule has 1 amide bonds. The lowest BCUT2D eigenvalue weighted by atomic mass is 10.1. The van der Waals surface area contributed by atoms with E-state index in [-0.39, 0.29) is 11.3 Å². The molecule has 1 aromatic rings. The number of hydrogen-bond acceptors (Lipinski definition) is 2. The molecule has 4 nitrogen and oxygen atoms in total. The number of aryl methyl sites for hydroxylation is 1. The van der Waals surface area contributed by atoms with Gasteiger partial charge in [0.2, 0.25) is 5.91 Å². The zero-order valence-corrected chi connectivity index (χ0v) is 8.28. The topological polar surface area (TPSA) is 66.4 Å². The number of carboxylic acid groups (broad SMARTS) is 1. The smallest absolute Gasteiger partial charge is 0.338 e. The van der Waals surface area contributed by atoms with E-state index in [0.717, 1.165) is 6.08 Å². The van der Waals surface area contributed by atoms with Crippen molar-refractivity contribution in [1.29, 1.82) is 0 Å². The molecule has 2 N–H and O–H groups in total. The highest BCUT2D eigenvalue weighted by Gasteiger charge is 2.13. The van der Waals surface area contributed by atoms with Gasteiger partial charge < -0.3 is 10.4 Å². The second kappa shape index (κ2) is 4.41. The Labute approximate surface area is 87.2 Å². The Morgan fingerprint density at radius 1 is 1.47 bits per heavy atom. The van der Waals surface area contributed by atoms with Crippen LogP contribution in [0, 0.1) is 6.92 Å². The molecule has 1 aromatic carbocycles. The van der Waals surface area contributed by atoms with Crippen LogP contribution in [0.1, 0.15) is 15.9 Å². The zero-order chi connectivity index (χ0) is 11.4. The number of carbonyl (C=O) groups is 2. The minimum atomic E-state index is -1.06. The van der Waals surface area contributed by atoms with E-state index in [2.05, 4.69) is 11.9 Å². The van der Waals surface area contributed by atoms with Gasteiger partial charge in [0.05, 0.1) is 11.3 Å². The maximum absolute atomic E-state index is 11.0. The molecule has 1 rings (SSSR count). The number of hydrogen-bond donors (Lipinski definition) is 2. The highest BCUT2D eigenvalue weighted by Crippen LogP contribution is 2.19. The van der Waals surface area contributed by atoms with Crippen molar-refractivity contribution in [2.45, 2.75) is 6.92 Å². The van der Waals surface area contributed by atoms with Crippen molar-refractivity contribution in [3.8, 4) is 0 Å². The van der Waals surface area contributed by atoms with Gasteiger partial charge in [-0.1, -0.05) is 18.7 Å². The highest BCUT2D eigenvalue weighted by atomic mass is 16.4. The number of carboxylic acids is 1. The summed E-state index contributed by atoms with van der Waals surface area (Å²) in [7, 11) is 0. The fraction of sp³-hybridized carbons (Fsp3) is 0.0909. The lowest BCUT2D eigenvalue weighted by Gasteiger charge is -2.08. The molecule has 0 bridgehead atoms. The van der Waals surface area contributed by atoms with E-state index in [9.17, 15) is 9.59 Å². The molecule has 0 aliphatic rings. The van der Waals surface area contributed by atoms with E-state index in [1.165, 1.54) is 6.07 Å². The van der Waals surface area contributed by atoms with E-state index in [1.54, 1.807) is 19.1 Å². The summed E-state index contributed by atoms with van der Waals surface area (Å²) in [4.78, 5) is 22.0. The van der Waals surface area contributed by atoms with Crippen LogP contribution in [0.3, 0.4) is 0 Å². The zero-order valence-electron chi connectivity index (χ0n) is 8.28. The molecule has 0 unspecified atom stereocenters. The number of amides is 1. The molecule has 0 spiro atoms. The quantitative estimate of drug-likeness (QED) is 0.739. The molecule has 0 fully saturated rings. The third kappa shape index (κ3) is 2.43. The van der Waals surface area contributed by atoms with E-state index in [0.29, 0.717) is 5.56 Å². The number of rotatable bonds is 3. The largest absolute Gasteiger partial charge is 0.478 e. The standard InChI is InChI=1S/C11H11NO3/c1-3-9(13)12-8-6-4-5-7(2)10(8)11(14)15/h3-6H,1H2,2H3,(H,12,13)(H,14,15). The van der Waals surface area contributed by atoms with Gasteiger partial charge in [-0.25, -0.2) is 4.79 Å². The Kier molecular flexibility index (Phi) is 3.23. The van der Waals surface area contributed by atoms with Gasteiger partial charge in [-0.05, 0) is 24.6 Å². The van der Waals surface area contributed by atoms with Crippen LogP contribution in [-0.4, -0.2) is 17.0 Å². The first-order valence-electron chi connectivity index (χ1n) is 4.32. The molecule has 0 atom stereocenters. The molecule has 78 valence electrons. The van der Waals surface area contributed by atoms with Gasteiger partial charge in [-0.3, -0.25) is 4.79 Å². The molecular weight excluding hydrogens is 194 g/mol. The fourth-order valence-corrected chi connectivity index (χ4v) is 1.24. The molecule has 4 heteroatoms. The van der Waals surface area contributed by atoms with E-state index in [4.69, 9.17) is 5.11 Å². The SMILES string of the molecule is C=CC(=O)Nc1cccc(C)c1C(=O)O. The average molecular weight is 205 g/mol. The Morgan fingerprint density at radius 2 is 2.13 bits per heavy atom. The predicted octanol–water partition coefficient (Wildman–Crippen LogP) is 1.82. The van der Waals surface area contributed by atoms with Gasteiger partial charge in [0, 0.05) is 0 Å². The lowest BCUT2D eigenvalue weighted by Crippen LogP contribution is -2.12. The van der Waals surface area contributed by atoms with Gasteiger partial charge in [0.1, 0.15) is 0 Å². The van der Waals surface area contributed by atoms with Crippen molar-refractivity contribution in [2.75, 3.05) is 5.32 Å². The number of anilines is 1.